The molecule has 2 amide bonds. The minimum Gasteiger partial charge on any atom is -0.394 e. The Kier molecular flexibility index (Phi) is 5.85. The number of halogens is 2. The summed E-state index contributed by atoms with van der Waals surface area (Å²) in [5.41, 5.74) is 7.14. The maximum absolute atomic E-state index is 14.4. The molecule has 0 saturated carbocycles. The first-order chi connectivity index (χ1) is 14.8. The topological polar surface area (TPSA) is 119 Å². The van der Waals surface area contributed by atoms with Crippen LogP contribution in [-0.4, -0.2) is 76.4 Å². The predicted molar refractivity (Wildman–Crippen MR) is 113 cm³/mol. The number of nitrogens with two attached hydrogens (primary N) is 1. The van der Waals surface area contributed by atoms with E-state index >= 15 is 0 Å². The van der Waals surface area contributed by atoms with Crippen LogP contribution in [-0.2, 0) is 4.79 Å². The van der Waals surface area contributed by atoms with E-state index in [0.29, 0.717) is 22.4 Å². The van der Waals surface area contributed by atoms with Crippen LogP contribution >= 0.6 is 11.6 Å². The Morgan fingerprint density at radius 1 is 1.26 bits per heavy atom. The summed E-state index contributed by atoms with van der Waals surface area (Å²) in [6.45, 7) is -0.00848. The van der Waals surface area contributed by atoms with Gasteiger partial charge in [0.1, 0.15) is 18.1 Å². The second-order valence-electron chi connectivity index (χ2n) is 7.61. The highest BCUT2D eigenvalue weighted by atomic mass is 35.5. The normalized spacial score (nSPS) is 21.6. The second-order valence-corrected chi connectivity index (χ2v) is 8.05. The SMILES string of the molecule is N[C@@H](CO)C(=O)N1CCN2C(=O)c3cc(-c4ccc(Cl)cc4F)ccc3NC(O)[C@H]2C1. The number of rotatable bonds is 3. The smallest absolute Gasteiger partial charge is 0.256 e. The number of hydrogen-bond acceptors (Lipinski definition) is 6. The molecule has 31 heavy (non-hydrogen) atoms. The summed E-state index contributed by atoms with van der Waals surface area (Å²) < 4.78 is 14.4. The molecule has 8 nitrogen and oxygen atoms in total. The van der Waals surface area contributed by atoms with Crippen molar-refractivity contribution >= 4 is 29.1 Å². The van der Waals surface area contributed by atoms with E-state index in [1.807, 2.05) is 0 Å². The summed E-state index contributed by atoms with van der Waals surface area (Å²) in [5, 5.41) is 23.0. The molecule has 0 aromatic heterocycles. The zero-order chi connectivity index (χ0) is 22.3. The number of hydrogen-bond donors (Lipinski definition) is 4. The molecule has 2 aromatic carbocycles. The number of amides is 2. The Bertz CT molecular complexity index is 1040. The third-order valence-corrected chi connectivity index (χ3v) is 5.90. The van der Waals surface area contributed by atoms with Gasteiger partial charge in [-0.2, -0.15) is 0 Å². The first kappa shape index (κ1) is 21.5. The second kappa shape index (κ2) is 8.43. The zero-order valence-corrected chi connectivity index (χ0v) is 17.2. The Morgan fingerprint density at radius 3 is 2.74 bits per heavy atom. The molecular formula is C21H22ClFN4O4. The molecule has 0 spiro atoms. The van der Waals surface area contributed by atoms with Crippen LogP contribution in [0.2, 0.25) is 5.02 Å². The molecule has 3 atom stereocenters. The van der Waals surface area contributed by atoms with Crippen molar-refractivity contribution in [2.24, 2.45) is 5.73 Å². The molecule has 2 heterocycles. The Morgan fingerprint density at radius 2 is 2.03 bits per heavy atom. The fraction of sp³-hybridized carbons (Fsp3) is 0.333. The molecule has 0 bridgehead atoms. The van der Waals surface area contributed by atoms with E-state index in [1.54, 1.807) is 30.3 Å². The van der Waals surface area contributed by atoms with E-state index < -0.39 is 36.6 Å². The number of piperazine rings is 1. The summed E-state index contributed by atoms with van der Waals surface area (Å²) in [6, 6.07) is 7.40. The van der Waals surface area contributed by atoms with Crippen LogP contribution in [0.4, 0.5) is 10.1 Å². The van der Waals surface area contributed by atoms with E-state index in [0.717, 1.165) is 0 Å². The van der Waals surface area contributed by atoms with Gasteiger partial charge in [-0.05, 0) is 35.9 Å². The van der Waals surface area contributed by atoms with E-state index in [1.165, 1.54) is 15.9 Å². The molecule has 1 saturated heterocycles. The minimum atomic E-state index is -1.13. The summed E-state index contributed by atoms with van der Waals surface area (Å²) in [7, 11) is 0. The fourth-order valence-electron chi connectivity index (χ4n) is 3.99. The number of nitrogens with zero attached hydrogens (tertiary/aromatic N) is 2. The molecule has 10 heteroatoms. The minimum absolute atomic E-state index is 0.0685. The van der Waals surface area contributed by atoms with E-state index in [-0.39, 0.29) is 30.6 Å². The van der Waals surface area contributed by atoms with Crippen molar-refractivity contribution in [2.45, 2.75) is 18.3 Å². The maximum atomic E-state index is 14.4. The molecule has 2 aliphatic rings. The quantitative estimate of drug-likeness (QED) is 0.553. The Hall–Kier alpha value is -2.72. The monoisotopic (exact) mass is 448 g/mol. The van der Waals surface area contributed by atoms with Gasteiger partial charge >= 0.3 is 0 Å². The van der Waals surface area contributed by atoms with Gasteiger partial charge in [0.15, 0.2) is 0 Å². The first-order valence-corrected chi connectivity index (χ1v) is 10.2. The van der Waals surface area contributed by atoms with Gasteiger partial charge < -0.3 is 31.1 Å². The van der Waals surface area contributed by atoms with Gasteiger partial charge in [0.05, 0.1) is 18.2 Å². The highest BCUT2D eigenvalue weighted by Crippen LogP contribution is 2.32. The van der Waals surface area contributed by atoms with Crippen molar-refractivity contribution in [3.8, 4) is 11.1 Å². The summed E-state index contributed by atoms with van der Waals surface area (Å²) in [5.74, 6) is -1.28. The van der Waals surface area contributed by atoms with Gasteiger partial charge in [0.2, 0.25) is 5.91 Å². The number of nitrogens with one attached hydrogen (secondary N) is 1. The average molecular weight is 449 g/mol. The molecule has 0 radical (unpaired) electrons. The molecule has 4 rings (SSSR count). The number of carbonyl (C=O) groups is 2. The van der Waals surface area contributed by atoms with Crippen LogP contribution in [0, 0.1) is 5.82 Å². The van der Waals surface area contributed by atoms with Gasteiger partial charge in [0.25, 0.3) is 5.91 Å². The Balaban J connectivity index is 1.65. The third kappa shape index (κ3) is 3.97. The molecular weight excluding hydrogens is 427 g/mol. The van der Waals surface area contributed by atoms with Crippen molar-refractivity contribution < 1.29 is 24.2 Å². The lowest BCUT2D eigenvalue weighted by Gasteiger charge is -2.42. The molecule has 164 valence electrons. The number of fused-ring (bicyclic) bond motifs is 2. The van der Waals surface area contributed by atoms with Gasteiger partial charge in [-0.25, -0.2) is 4.39 Å². The van der Waals surface area contributed by atoms with E-state index in [2.05, 4.69) is 5.32 Å². The van der Waals surface area contributed by atoms with Crippen molar-refractivity contribution in [1.29, 1.82) is 0 Å². The third-order valence-electron chi connectivity index (χ3n) is 5.66. The van der Waals surface area contributed by atoms with Gasteiger partial charge in [-0.1, -0.05) is 17.7 Å². The average Bonchev–Trinajstić information content (AvgIpc) is 2.87. The molecule has 1 fully saturated rings. The van der Waals surface area contributed by atoms with Crippen molar-refractivity contribution in [1.82, 2.24) is 9.80 Å². The van der Waals surface area contributed by atoms with Crippen LogP contribution in [0.25, 0.3) is 11.1 Å². The molecule has 1 unspecified atom stereocenters. The summed E-state index contributed by atoms with van der Waals surface area (Å²) in [6.07, 6.45) is -1.13. The maximum Gasteiger partial charge on any atom is 0.256 e. The van der Waals surface area contributed by atoms with Crippen LogP contribution in [0.3, 0.4) is 0 Å². The lowest BCUT2D eigenvalue weighted by Crippen LogP contribution is -2.62. The summed E-state index contributed by atoms with van der Waals surface area (Å²) >= 11 is 5.83. The number of carbonyl (C=O) groups excluding carboxylic acids is 2. The highest BCUT2D eigenvalue weighted by molar-refractivity contribution is 6.30. The van der Waals surface area contributed by atoms with E-state index in [9.17, 15) is 19.1 Å². The number of aliphatic hydroxyl groups excluding tert-OH is 2. The van der Waals surface area contributed by atoms with Crippen molar-refractivity contribution in [3.05, 3.63) is 52.8 Å². The van der Waals surface area contributed by atoms with Crippen molar-refractivity contribution in [3.63, 3.8) is 0 Å². The van der Waals surface area contributed by atoms with Crippen LogP contribution in [0.5, 0.6) is 0 Å². The van der Waals surface area contributed by atoms with Crippen LogP contribution in [0.15, 0.2) is 36.4 Å². The van der Waals surface area contributed by atoms with Gasteiger partial charge in [-0.15, -0.1) is 0 Å². The van der Waals surface area contributed by atoms with Gasteiger partial charge in [-0.3, -0.25) is 9.59 Å². The largest absolute Gasteiger partial charge is 0.394 e. The molecule has 5 N–H and O–H groups in total. The summed E-state index contributed by atoms with van der Waals surface area (Å²) in [4.78, 5) is 28.6. The lowest BCUT2D eigenvalue weighted by atomic mass is 10.0. The highest BCUT2D eigenvalue weighted by Gasteiger charge is 2.41. The van der Waals surface area contributed by atoms with Crippen LogP contribution < -0.4 is 11.1 Å². The number of benzene rings is 2. The van der Waals surface area contributed by atoms with Crippen molar-refractivity contribution in [2.75, 3.05) is 31.6 Å². The molecule has 2 aliphatic heterocycles. The number of anilines is 1. The molecule has 0 aliphatic carbocycles. The first-order valence-electron chi connectivity index (χ1n) is 9.80. The van der Waals surface area contributed by atoms with Crippen LogP contribution in [0.1, 0.15) is 10.4 Å². The zero-order valence-electron chi connectivity index (χ0n) is 16.5. The number of aliphatic hydroxyl groups is 2. The van der Waals surface area contributed by atoms with Gasteiger partial charge in [0, 0.05) is 35.9 Å². The fourth-order valence-corrected chi connectivity index (χ4v) is 4.15. The molecule has 2 aromatic rings. The standard InChI is InChI=1S/C21H22ClFN4O4/c22-12-2-3-13(15(23)8-12)11-1-4-17-14(7-11)20(30)27-6-5-26(21(31)16(24)10-28)9-18(27)19(29)25-17/h1-4,7-8,16,18-19,25,28-29H,5-6,9-10,24H2/t16-,18+,19?/m0/s1. The lowest BCUT2D eigenvalue weighted by molar-refractivity contribution is -0.137. The predicted octanol–water partition coefficient (Wildman–Crippen LogP) is 0.863. The Labute approximate surface area is 183 Å². The van der Waals surface area contributed by atoms with E-state index in [4.69, 9.17) is 22.4 Å².